The van der Waals surface area contributed by atoms with Crippen LogP contribution < -0.4 is 5.56 Å². The first kappa shape index (κ1) is 14.9. The standard InChI is InChI=1S/C17H18N2O2S/c1-10-4-11(2)6-13(5-10)15(20)8-19-9-18-16-14(17(19)21)7-12(3)22-16/h4-7,9,15,20H,8H2,1-3H3. The van der Waals surface area contributed by atoms with Gasteiger partial charge in [0.25, 0.3) is 5.56 Å². The van der Waals surface area contributed by atoms with Crippen LogP contribution in [0.5, 0.6) is 0 Å². The number of hydrogen-bond donors (Lipinski definition) is 1. The third kappa shape index (κ3) is 2.82. The van der Waals surface area contributed by atoms with Crippen LogP contribution in [-0.2, 0) is 6.54 Å². The summed E-state index contributed by atoms with van der Waals surface area (Å²) in [5.74, 6) is 0. The number of aliphatic hydroxyl groups is 1. The van der Waals surface area contributed by atoms with Gasteiger partial charge in [0, 0.05) is 4.88 Å². The Morgan fingerprint density at radius 3 is 2.55 bits per heavy atom. The molecule has 0 saturated carbocycles. The first-order valence-corrected chi connectivity index (χ1v) is 7.97. The highest BCUT2D eigenvalue weighted by Crippen LogP contribution is 2.21. The fourth-order valence-electron chi connectivity index (χ4n) is 2.70. The van der Waals surface area contributed by atoms with Gasteiger partial charge >= 0.3 is 0 Å². The SMILES string of the molecule is Cc1cc(C)cc(C(O)Cn2cnc3sc(C)cc3c2=O)c1. The third-order valence-corrected chi connectivity index (χ3v) is 4.60. The van der Waals surface area contributed by atoms with Gasteiger partial charge in [-0.15, -0.1) is 11.3 Å². The zero-order chi connectivity index (χ0) is 15.9. The van der Waals surface area contributed by atoms with Crippen molar-refractivity contribution in [2.45, 2.75) is 33.4 Å². The predicted molar refractivity (Wildman–Crippen MR) is 89.5 cm³/mol. The molecule has 0 spiro atoms. The van der Waals surface area contributed by atoms with Gasteiger partial charge in [-0.05, 0) is 32.4 Å². The third-order valence-electron chi connectivity index (χ3n) is 3.64. The van der Waals surface area contributed by atoms with Crippen molar-refractivity contribution in [3.63, 3.8) is 0 Å². The maximum atomic E-state index is 12.5. The van der Waals surface area contributed by atoms with Crippen molar-refractivity contribution in [1.29, 1.82) is 0 Å². The lowest BCUT2D eigenvalue weighted by molar-refractivity contribution is 0.155. The molecular formula is C17H18N2O2S. The minimum atomic E-state index is -0.727. The highest BCUT2D eigenvalue weighted by atomic mass is 32.1. The Balaban J connectivity index is 1.95. The molecule has 0 aliphatic heterocycles. The first-order valence-electron chi connectivity index (χ1n) is 7.16. The summed E-state index contributed by atoms with van der Waals surface area (Å²) in [4.78, 5) is 18.6. The van der Waals surface area contributed by atoms with Crippen LogP contribution in [0.15, 0.2) is 35.4 Å². The van der Waals surface area contributed by atoms with Crippen LogP contribution >= 0.6 is 11.3 Å². The van der Waals surface area contributed by atoms with Crippen LogP contribution in [0.25, 0.3) is 10.2 Å². The van der Waals surface area contributed by atoms with Gasteiger partial charge in [-0.3, -0.25) is 9.36 Å². The molecule has 3 rings (SSSR count). The fraction of sp³-hybridized carbons (Fsp3) is 0.294. The van der Waals surface area contributed by atoms with Crippen molar-refractivity contribution in [1.82, 2.24) is 9.55 Å². The van der Waals surface area contributed by atoms with E-state index in [1.54, 1.807) is 0 Å². The lowest BCUT2D eigenvalue weighted by Crippen LogP contribution is -2.23. The number of fused-ring (bicyclic) bond motifs is 1. The Morgan fingerprint density at radius 2 is 1.86 bits per heavy atom. The molecule has 2 heterocycles. The van der Waals surface area contributed by atoms with Crippen LogP contribution in [0.3, 0.4) is 0 Å². The van der Waals surface area contributed by atoms with Gasteiger partial charge in [-0.2, -0.15) is 0 Å². The number of aryl methyl sites for hydroxylation is 3. The van der Waals surface area contributed by atoms with E-state index in [1.165, 1.54) is 22.2 Å². The molecule has 0 aliphatic carbocycles. The lowest BCUT2D eigenvalue weighted by atomic mass is 10.0. The van der Waals surface area contributed by atoms with Crippen LogP contribution in [0.1, 0.15) is 27.7 Å². The molecule has 1 unspecified atom stereocenters. The van der Waals surface area contributed by atoms with Crippen molar-refractivity contribution in [2.24, 2.45) is 0 Å². The van der Waals surface area contributed by atoms with Crippen LogP contribution in [0.4, 0.5) is 0 Å². The summed E-state index contributed by atoms with van der Waals surface area (Å²) < 4.78 is 1.48. The molecule has 0 aliphatic rings. The Labute approximate surface area is 132 Å². The summed E-state index contributed by atoms with van der Waals surface area (Å²) in [7, 11) is 0. The highest BCUT2D eigenvalue weighted by molar-refractivity contribution is 7.18. The van der Waals surface area contributed by atoms with E-state index < -0.39 is 6.10 Å². The Hall–Kier alpha value is -1.98. The van der Waals surface area contributed by atoms with E-state index in [4.69, 9.17) is 0 Å². The van der Waals surface area contributed by atoms with Crippen LogP contribution in [0.2, 0.25) is 0 Å². The largest absolute Gasteiger partial charge is 0.387 e. The topological polar surface area (TPSA) is 55.1 Å². The lowest BCUT2D eigenvalue weighted by Gasteiger charge is -2.14. The minimum Gasteiger partial charge on any atom is -0.387 e. The van der Waals surface area contributed by atoms with E-state index in [1.807, 2.05) is 39.0 Å². The molecule has 22 heavy (non-hydrogen) atoms. The van der Waals surface area contributed by atoms with Gasteiger partial charge in [0.2, 0.25) is 0 Å². The summed E-state index contributed by atoms with van der Waals surface area (Å²) >= 11 is 1.51. The van der Waals surface area contributed by atoms with E-state index in [0.717, 1.165) is 26.4 Å². The Morgan fingerprint density at radius 1 is 1.18 bits per heavy atom. The molecule has 0 amide bonds. The molecule has 4 nitrogen and oxygen atoms in total. The first-order chi connectivity index (χ1) is 10.4. The molecule has 0 saturated heterocycles. The van der Waals surface area contributed by atoms with Crippen molar-refractivity contribution < 1.29 is 5.11 Å². The summed E-state index contributed by atoms with van der Waals surface area (Å²) in [6.45, 7) is 6.16. The van der Waals surface area contributed by atoms with Crippen LogP contribution in [0, 0.1) is 20.8 Å². The van der Waals surface area contributed by atoms with Gasteiger partial charge in [0.05, 0.1) is 24.4 Å². The molecule has 0 bridgehead atoms. The van der Waals surface area contributed by atoms with E-state index in [9.17, 15) is 9.90 Å². The van der Waals surface area contributed by atoms with Gasteiger partial charge in [0.1, 0.15) is 4.83 Å². The number of thiophene rings is 1. The molecule has 5 heteroatoms. The molecule has 1 aromatic carbocycles. The normalized spacial score (nSPS) is 12.7. The average molecular weight is 314 g/mol. The molecule has 1 atom stereocenters. The zero-order valence-corrected chi connectivity index (χ0v) is 13.6. The van der Waals surface area contributed by atoms with Gasteiger partial charge < -0.3 is 5.11 Å². The molecule has 2 aromatic heterocycles. The maximum Gasteiger partial charge on any atom is 0.262 e. The van der Waals surface area contributed by atoms with Crippen molar-refractivity contribution in [3.8, 4) is 0 Å². The predicted octanol–water partition coefficient (Wildman–Crippen LogP) is 3.12. The number of benzene rings is 1. The van der Waals surface area contributed by atoms with Crippen molar-refractivity contribution in [2.75, 3.05) is 0 Å². The quantitative estimate of drug-likeness (QED) is 0.808. The average Bonchev–Trinajstić information content (AvgIpc) is 2.82. The Bertz CT molecular complexity index is 875. The van der Waals surface area contributed by atoms with Crippen LogP contribution in [-0.4, -0.2) is 14.7 Å². The zero-order valence-electron chi connectivity index (χ0n) is 12.8. The second-order valence-electron chi connectivity index (χ2n) is 5.71. The Kier molecular flexibility index (Phi) is 3.85. The molecule has 0 radical (unpaired) electrons. The monoisotopic (exact) mass is 314 g/mol. The molecule has 0 fully saturated rings. The van der Waals surface area contributed by atoms with E-state index >= 15 is 0 Å². The van der Waals surface area contributed by atoms with E-state index in [2.05, 4.69) is 11.1 Å². The number of aliphatic hydroxyl groups excluding tert-OH is 1. The molecule has 3 aromatic rings. The van der Waals surface area contributed by atoms with E-state index in [0.29, 0.717) is 5.39 Å². The summed E-state index contributed by atoms with van der Waals surface area (Å²) in [6.07, 6.45) is 0.794. The maximum absolute atomic E-state index is 12.5. The van der Waals surface area contributed by atoms with E-state index in [-0.39, 0.29) is 12.1 Å². The number of hydrogen-bond acceptors (Lipinski definition) is 4. The molecule has 114 valence electrons. The fourth-order valence-corrected chi connectivity index (χ4v) is 3.54. The minimum absolute atomic E-state index is 0.0993. The number of nitrogens with zero attached hydrogens (tertiary/aromatic N) is 2. The summed E-state index contributed by atoms with van der Waals surface area (Å²) in [5, 5.41) is 11.1. The molecule has 1 N–H and O–H groups in total. The second kappa shape index (κ2) is 5.66. The van der Waals surface area contributed by atoms with Crippen molar-refractivity contribution >= 4 is 21.6 Å². The number of rotatable bonds is 3. The summed E-state index contributed by atoms with van der Waals surface area (Å²) in [6, 6.07) is 7.81. The molecular weight excluding hydrogens is 296 g/mol. The van der Waals surface area contributed by atoms with Gasteiger partial charge in [-0.1, -0.05) is 29.3 Å². The summed E-state index contributed by atoms with van der Waals surface area (Å²) in [5.41, 5.74) is 2.93. The van der Waals surface area contributed by atoms with Crippen molar-refractivity contribution in [3.05, 3.63) is 62.5 Å². The number of aromatic nitrogens is 2. The smallest absolute Gasteiger partial charge is 0.262 e. The van der Waals surface area contributed by atoms with Gasteiger partial charge in [0.15, 0.2) is 0 Å². The van der Waals surface area contributed by atoms with Gasteiger partial charge in [-0.25, -0.2) is 4.98 Å². The second-order valence-corrected chi connectivity index (χ2v) is 6.95. The highest BCUT2D eigenvalue weighted by Gasteiger charge is 2.13.